The number of aliphatic hydroxyl groups excluding tert-OH is 4. The normalized spacial score (nSPS) is 43.6. The van der Waals surface area contributed by atoms with Crippen LogP contribution in [0.4, 0.5) is 0 Å². The van der Waals surface area contributed by atoms with E-state index in [1.807, 2.05) is 6.07 Å². The quantitative estimate of drug-likeness (QED) is 0.603. The van der Waals surface area contributed by atoms with E-state index in [2.05, 4.69) is 6.08 Å². The number of allylic oxidation sites excluding steroid dienone is 1. The van der Waals surface area contributed by atoms with E-state index in [-0.39, 0.29) is 0 Å². The number of rotatable bonds is 3. The zero-order chi connectivity index (χ0) is 20.3. The van der Waals surface area contributed by atoms with E-state index in [0.29, 0.717) is 22.4 Å². The van der Waals surface area contributed by atoms with Gasteiger partial charge in [-0.25, -0.2) is 0 Å². The highest BCUT2D eigenvalue weighted by molar-refractivity contribution is 6.32. The molecule has 0 amide bonds. The summed E-state index contributed by atoms with van der Waals surface area (Å²) in [6.07, 6.45) is 3.06. The van der Waals surface area contributed by atoms with E-state index < -0.39 is 37.1 Å². The molecular formula is C23H29ClO5. The summed E-state index contributed by atoms with van der Waals surface area (Å²) in [7, 11) is 0. The molecule has 29 heavy (non-hydrogen) atoms. The third kappa shape index (κ3) is 3.46. The minimum atomic E-state index is -1.38. The van der Waals surface area contributed by atoms with E-state index >= 15 is 0 Å². The highest BCUT2D eigenvalue weighted by Gasteiger charge is 2.46. The fourth-order valence-electron chi connectivity index (χ4n) is 6.37. The monoisotopic (exact) mass is 420 g/mol. The van der Waals surface area contributed by atoms with E-state index in [4.69, 9.17) is 16.3 Å². The maximum Gasteiger partial charge on any atom is 0.113 e. The minimum Gasteiger partial charge on any atom is -0.394 e. The summed E-state index contributed by atoms with van der Waals surface area (Å²) in [6.45, 7) is -0.433. The molecule has 5 aliphatic rings. The van der Waals surface area contributed by atoms with Crippen LogP contribution in [0.15, 0.2) is 23.8 Å². The van der Waals surface area contributed by atoms with Gasteiger partial charge in [0.15, 0.2) is 0 Å². The van der Waals surface area contributed by atoms with Crippen molar-refractivity contribution in [1.29, 1.82) is 0 Å². The molecule has 4 aliphatic carbocycles. The van der Waals surface area contributed by atoms with Crippen molar-refractivity contribution in [1.82, 2.24) is 0 Å². The standard InChI is InChI=1S/C23H29ClO5/c24-18-2-1-13(23-22(28)21(27)20(26)19(10-25)29-23)8-16(18)9-17-14-4-11-3-12(6-14)7-15(17)5-11/h1-2,8-9,11-12,14-15,19-23,25-28H,3-7,10H2/t11?,12?,14?,15?,19-,20-,21+,22-,23+/m1/s1. The third-order valence-electron chi connectivity index (χ3n) is 7.64. The summed E-state index contributed by atoms with van der Waals surface area (Å²) in [6, 6.07) is 5.47. The zero-order valence-corrected chi connectivity index (χ0v) is 17.1. The first-order valence-corrected chi connectivity index (χ1v) is 11.1. The van der Waals surface area contributed by atoms with Crippen molar-refractivity contribution in [2.75, 3.05) is 6.61 Å². The molecule has 0 unspecified atom stereocenters. The van der Waals surface area contributed by atoms with Crippen LogP contribution in [0.3, 0.4) is 0 Å². The molecule has 1 heterocycles. The Labute approximate surface area is 176 Å². The van der Waals surface area contributed by atoms with Gasteiger partial charge in [-0.1, -0.05) is 29.3 Å². The first-order valence-electron chi connectivity index (χ1n) is 10.8. The lowest BCUT2D eigenvalue weighted by atomic mass is 9.54. The second kappa shape index (κ2) is 7.63. The van der Waals surface area contributed by atoms with Crippen molar-refractivity contribution in [2.24, 2.45) is 23.7 Å². The maximum absolute atomic E-state index is 10.5. The van der Waals surface area contributed by atoms with Gasteiger partial charge in [0, 0.05) is 5.02 Å². The predicted molar refractivity (Wildman–Crippen MR) is 109 cm³/mol. The number of benzene rings is 1. The maximum atomic E-state index is 10.5. The van der Waals surface area contributed by atoms with Crippen LogP contribution < -0.4 is 0 Å². The number of hydrogen-bond donors (Lipinski definition) is 4. The summed E-state index contributed by atoms with van der Waals surface area (Å²) in [5, 5.41) is 40.7. The molecule has 4 bridgehead atoms. The van der Waals surface area contributed by atoms with Gasteiger partial charge in [0.2, 0.25) is 0 Å². The van der Waals surface area contributed by atoms with E-state index in [1.165, 1.54) is 37.7 Å². The Morgan fingerprint density at radius 2 is 1.59 bits per heavy atom. The number of hydrogen-bond acceptors (Lipinski definition) is 5. The van der Waals surface area contributed by atoms with E-state index in [0.717, 1.165) is 17.4 Å². The van der Waals surface area contributed by atoms with Crippen molar-refractivity contribution < 1.29 is 25.2 Å². The third-order valence-corrected chi connectivity index (χ3v) is 7.99. The molecule has 0 aromatic heterocycles. The average molecular weight is 421 g/mol. The largest absolute Gasteiger partial charge is 0.394 e. The fraction of sp³-hybridized carbons (Fsp3) is 0.652. The molecule has 0 radical (unpaired) electrons. The molecule has 6 rings (SSSR count). The number of aliphatic hydroxyl groups is 4. The molecule has 4 N–H and O–H groups in total. The SMILES string of the molecule is OC[C@H]1O[C@@H](c2ccc(Cl)c(C=C3C4CC5CC(C4)CC3C5)c2)[C@H](O)[C@@H](O)[C@@H]1O. The summed E-state index contributed by atoms with van der Waals surface area (Å²) < 4.78 is 5.72. The lowest BCUT2D eigenvalue weighted by Crippen LogP contribution is -2.55. The van der Waals surface area contributed by atoms with Crippen LogP contribution in [0.2, 0.25) is 5.02 Å². The van der Waals surface area contributed by atoms with Crippen LogP contribution in [0.25, 0.3) is 6.08 Å². The van der Waals surface area contributed by atoms with Gasteiger partial charge in [0.05, 0.1) is 6.61 Å². The highest BCUT2D eigenvalue weighted by atomic mass is 35.5. The molecule has 6 heteroatoms. The molecule has 1 aliphatic heterocycles. The lowest BCUT2D eigenvalue weighted by Gasteiger charge is -2.51. The van der Waals surface area contributed by atoms with Gasteiger partial charge in [0.1, 0.15) is 30.5 Å². The molecule has 1 aromatic carbocycles. The van der Waals surface area contributed by atoms with Crippen molar-refractivity contribution in [3.8, 4) is 0 Å². The molecule has 0 spiro atoms. The Bertz CT molecular complexity index is 776. The Hall–Kier alpha value is -0.950. The summed E-state index contributed by atoms with van der Waals surface area (Å²) >= 11 is 6.52. The van der Waals surface area contributed by atoms with Crippen molar-refractivity contribution >= 4 is 17.7 Å². The second-order valence-electron chi connectivity index (χ2n) is 9.48. The van der Waals surface area contributed by atoms with E-state index in [1.54, 1.807) is 12.1 Å². The smallest absolute Gasteiger partial charge is 0.113 e. The highest BCUT2D eigenvalue weighted by Crippen LogP contribution is 2.56. The topological polar surface area (TPSA) is 90.2 Å². The first kappa shape index (κ1) is 20.0. The van der Waals surface area contributed by atoms with Crippen molar-refractivity contribution in [3.05, 3.63) is 39.9 Å². The van der Waals surface area contributed by atoms with Gasteiger partial charge in [0.25, 0.3) is 0 Å². The molecule has 1 aromatic rings. The molecule has 4 saturated carbocycles. The van der Waals surface area contributed by atoms with E-state index in [9.17, 15) is 20.4 Å². The summed E-state index contributed by atoms with van der Waals surface area (Å²) in [5.41, 5.74) is 3.11. The fourth-order valence-corrected chi connectivity index (χ4v) is 6.54. The number of halogens is 1. The molecule has 5 atom stereocenters. The van der Waals surface area contributed by atoms with Crippen LogP contribution in [-0.4, -0.2) is 51.4 Å². The van der Waals surface area contributed by atoms with Gasteiger partial charge >= 0.3 is 0 Å². The van der Waals surface area contributed by atoms with Crippen molar-refractivity contribution in [2.45, 2.75) is 62.6 Å². The second-order valence-corrected chi connectivity index (χ2v) is 9.89. The molecule has 5 nitrogen and oxygen atoms in total. The lowest BCUT2D eigenvalue weighted by molar-refractivity contribution is -0.231. The van der Waals surface area contributed by atoms with Gasteiger partial charge in [-0.15, -0.1) is 0 Å². The minimum absolute atomic E-state index is 0.433. The van der Waals surface area contributed by atoms with Crippen LogP contribution in [0.5, 0.6) is 0 Å². The van der Waals surface area contributed by atoms with Gasteiger partial charge < -0.3 is 25.2 Å². The summed E-state index contributed by atoms with van der Waals surface area (Å²) in [4.78, 5) is 0. The Kier molecular flexibility index (Phi) is 5.26. The average Bonchev–Trinajstić information content (AvgIpc) is 2.70. The Balaban J connectivity index is 1.45. The molecule has 158 valence electrons. The van der Waals surface area contributed by atoms with Gasteiger partial charge in [-0.3, -0.25) is 0 Å². The van der Waals surface area contributed by atoms with Crippen LogP contribution in [0.1, 0.15) is 49.3 Å². The zero-order valence-electron chi connectivity index (χ0n) is 16.3. The van der Waals surface area contributed by atoms with Crippen molar-refractivity contribution in [3.63, 3.8) is 0 Å². The van der Waals surface area contributed by atoms with Gasteiger partial charge in [-0.2, -0.15) is 0 Å². The Morgan fingerprint density at radius 1 is 0.931 bits per heavy atom. The Morgan fingerprint density at radius 3 is 2.21 bits per heavy atom. The molecule has 5 fully saturated rings. The molecule has 1 saturated heterocycles. The molecular weight excluding hydrogens is 392 g/mol. The van der Waals surface area contributed by atoms with Crippen LogP contribution in [0, 0.1) is 23.7 Å². The predicted octanol–water partition coefficient (Wildman–Crippen LogP) is 2.69. The number of ether oxygens (including phenoxy) is 1. The first-order chi connectivity index (χ1) is 13.9. The van der Waals surface area contributed by atoms with Gasteiger partial charge in [-0.05, 0) is 79.0 Å². The van der Waals surface area contributed by atoms with Crippen LogP contribution >= 0.6 is 11.6 Å². The summed E-state index contributed by atoms with van der Waals surface area (Å²) in [5.74, 6) is 3.12. The van der Waals surface area contributed by atoms with Crippen LogP contribution in [-0.2, 0) is 4.74 Å².